The predicted molar refractivity (Wildman–Crippen MR) is 236 cm³/mol. The smallest absolute Gasteiger partial charge is 0.249 e. The summed E-state index contributed by atoms with van der Waals surface area (Å²) in [7, 11) is 0. The van der Waals surface area contributed by atoms with Crippen LogP contribution in [0.3, 0.4) is 0 Å². The summed E-state index contributed by atoms with van der Waals surface area (Å²) in [6, 6.07) is -0.976. The van der Waals surface area contributed by atoms with Crippen LogP contribution in [0.15, 0.2) is 12.2 Å². The average Bonchev–Trinajstić information content (AvgIpc) is 3.21. The molecule has 0 bridgehead atoms. The lowest BCUT2D eigenvalue weighted by atomic mass is 9.99. The van der Waals surface area contributed by atoms with Gasteiger partial charge in [-0.25, -0.2) is 0 Å². The number of aliphatic hydroxyl groups excluding tert-OH is 6. The normalized spacial score (nSPS) is 21.5. The quantitative estimate of drug-likeness (QED) is 0.0235. The predicted octanol–water partition coefficient (Wildman–Crippen LogP) is 9.33. The van der Waals surface area contributed by atoms with Crippen LogP contribution in [-0.4, -0.2) is 98.7 Å². The van der Waals surface area contributed by atoms with Crippen LogP contribution in [0.2, 0.25) is 0 Å². The van der Waals surface area contributed by atoms with Gasteiger partial charge in [-0.05, 0) is 25.2 Å². The Hall–Kier alpha value is -1.11. The van der Waals surface area contributed by atoms with Gasteiger partial charge in [-0.15, -0.1) is 0 Å². The molecule has 1 heterocycles. The van der Waals surface area contributed by atoms with Crippen molar-refractivity contribution in [2.45, 2.75) is 269 Å². The van der Waals surface area contributed by atoms with Gasteiger partial charge in [0.2, 0.25) is 5.91 Å². The van der Waals surface area contributed by atoms with Crippen molar-refractivity contribution < 1.29 is 44.9 Å². The van der Waals surface area contributed by atoms with Crippen molar-refractivity contribution in [2.24, 2.45) is 5.92 Å². The second-order valence-electron chi connectivity index (χ2n) is 17.9. The summed E-state index contributed by atoms with van der Waals surface area (Å²) in [5.41, 5.74) is 0. The van der Waals surface area contributed by atoms with Gasteiger partial charge in [0, 0.05) is 0 Å². The Kier molecular flexibility index (Phi) is 35.6. The molecule has 0 aromatic carbocycles. The van der Waals surface area contributed by atoms with E-state index in [0.717, 1.165) is 50.9 Å². The van der Waals surface area contributed by atoms with E-state index < -0.39 is 61.5 Å². The Balaban J connectivity index is 2.34. The molecule has 0 saturated carbocycles. The minimum atomic E-state index is -1.61. The summed E-state index contributed by atoms with van der Waals surface area (Å²) in [6.45, 7) is 5.92. The molecule has 1 amide bonds. The van der Waals surface area contributed by atoms with E-state index >= 15 is 0 Å². The zero-order valence-corrected chi connectivity index (χ0v) is 37.6. The first kappa shape index (κ1) is 54.9. The van der Waals surface area contributed by atoms with E-state index in [9.17, 15) is 35.4 Å². The van der Waals surface area contributed by atoms with Gasteiger partial charge in [-0.2, -0.15) is 0 Å². The Morgan fingerprint density at radius 2 is 1.05 bits per heavy atom. The summed E-state index contributed by atoms with van der Waals surface area (Å²) in [5.74, 6) is 0.166. The van der Waals surface area contributed by atoms with Crippen LogP contribution < -0.4 is 5.32 Å². The minimum Gasteiger partial charge on any atom is -0.394 e. The Morgan fingerprint density at radius 3 is 1.50 bits per heavy atom. The first-order valence-electron chi connectivity index (χ1n) is 24.4. The van der Waals surface area contributed by atoms with Crippen LogP contribution >= 0.6 is 0 Å². The number of hydrogen-bond acceptors (Lipinski definition) is 9. The van der Waals surface area contributed by atoms with Crippen molar-refractivity contribution >= 4 is 5.91 Å². The van der Waals surface area contributed by atoms with Gasteiger partial charge in [0.25, 0.3) is 0 Å². The largest absolute Gasteiger partial charge is 0.394 e. The maximum absolute atomic E-state index is 13.0. The second kappa shape index (κ2) is 37.6. The van der Waals surface area contributed by atoms with Crippen LogP contribution in [0.4, 0.5) is 0 Å². The second-order valence-corrected chi connectivity index (χ2v) is 17.9. The molecule has 1 fully saturated rings. The van der Waals surface area contributed by atoms with E-state index in [-0.39, 0.29) is 6.61 Å². The van der Waals surface area contributed by atoms with Gasteiger partial charge in [0.15, 0.2) is 6.29 Å². The summed E-state index contributed by atoms with van der Waals surface area (Å²) in [5, 5.41) is 64.7. The zero-order valence-electron chi connectivity index (χ0n) is 37.6. The lowest BCUT2D eigenvalue weighted by molar-refractivity contribution is -0.302. The summed E-state index contributed by atoms with van der Waals surface area (Å²) < 4.78 is 11.1. The van der Waals surface area contributed by atoms with E-state index in [2.05, 4.69) is 26.1 Å². The molecule has 0 aromatic rings. The van der Waals surface area contributed by atoms with Gasteiger partial charge in [0.1, 0.15) is 30.5 Å². The standard InChI is InChI=1S/C48H93NO9/c1-4-5-6-7-8-9-10-11-12-13-14-15-16-17-18-19-24-27-30-33-36-42(52)47(56)49-40(38-57-48-46(55)45(54)44(53)43(37-50)58-48)41(51)35-32-29-26-23-21-20-22-25-28-31-34-39(2)3/h32,35,39-46,48,50-55H,4-31,33-34,36-38H2,1-3H3,(H,49,56)/b35-32+/t40-,41+,42+,43+,44+,45-,46+,48+/m0/s1. The molecule has 1 saturated heterocycles. The third-order valence-electron chi connectivity index (χ3n) is 11.9. The topological polar surface area (TPSA) is 169 Å². The highest BCUT2D eigenvalue weighted by atomic mass is 16.7. The first-order chi connectivity index (χ1) is 28.1. The molecule has 7 N–H and O–H groups in total. The molecular formula is C48H93NO9. The van der Waals surface area contributed by atoms with Crippen molar-refractivity contribution in [1.82, 2.24) is 5.32 Å². The lowest BCUT2D eigenvalue weighted by Gasteiger charge is -2.40. The van der Waals surface area contributed by atoms with Gasteiger partial charge in [-0.1, -0.05) is 213 Å². The highest BCUT2D eigenvalue weighted by molar-refractivity contribution is 5.80. The molecule has 1 rings (SSSR count). The van der Waals surface area contributed by atoms with Crippen molar-refractivity contribution in [1.29, 1.82) is 0 Å². The fourth-order valence-corrected chi connectivity index (χ4v) is 7.88. The monoisotopic (exact) mass is 828 g/mol. The van der Waals surface area contributed by atoms with Crippen LogP contribution in [0.1, 0.15) is 220 Å². The molecular weight excluding hydrogens is 735 g/mol. The average molecular weight is 828 g/mol. The number of carbonyl (C=O) groups is 1. The number of ether oxygens (including phenoxy) is 2. The van der Waals surface area contributed by atoms with Crippen LogP contribution in [0, 0.1) is 5.92 Å². The van der Waals surface area contributed by atoms with E-state index in [4.69, 9.17) is 9.47 Å². The fourth-order valence-electron chi connectivity index (χ4n) is 7.88. The van der Waals surface area contributed by atoms with Crippen molar-refractivity contribution in [2.75, 3.05) is 13.2 Å². The maximum Gasteiger partial charge on any atom is 0.249 e. The fraction of sp³-hybridized carbons (Fsp3) is 0.938. The molecule has 0 unspecified atom stereocenters. The molecule has 8 atom stereocenters. The Labute approximate surface area is 355 Å². The third-order valence-corrected chi connectivity index (χ3v) is 11.9. The Bertz CT molecular complexity index is 950. The van der Waals surface area contributed by atoms with Crippen LogP contribution in [-0.2, 0) is 14.3 Å². The first-order valence-corrected chi connectivity index (χ1v) is 24.4. The van der Waals surface area contributed by atoms with Gasteiger partial charge in [0.05, 0.1) is 25.4 Å². The van der Waals surface area contributed by atoms with Gasteiger partial charge >= 0.3 is 0 Å². The van der Waals surface area contributed by atoms with Crippen molar-refractivity contribution in [3.8, 4) is 0 Å². The molecule has 0 spiro atoms. The highest BCUT2D eigenvalue weighted by Crippen LogP contribution is 2.23. The summed E-state index contributed by atoms with van der Waals surface area (Å²) in [6.07, 6.45) is 31.7. The molecule has 1 aliphatic rings. The molecule has 58 heavy (non-hydrogen) atoms. The molecule has 0 radical (unpaired) electrons. The number of unbranched alkanes of at least 4 members (excludes halogenated alkanes) is 27. The molecule has 0 aromatic heterocycles. The SMILES string of the molecule is CCCCCCCCCCCCCCCCCCCCCC[C@@H](O)C(=O)N[C@@H](CO[C@@H]1O[C@H](CO)[C@@H](O)[C@H](O)[C@H]1O)[C@H](O)/C=C/CCCCCCCCCCC(C)C. The highest BCUT2D eigenvalue weighted by Gasteiger charge is 2.44. The van der Waals surface area contributed by atoms with E-state index in [1.807, 2.05) is 6.08 Å². The number of amides is 1. The number of nitrogens with one attached hydrogen (secondary N) is 1. The molecule has 10 nitrogen and oxygen atoms in total. The number of hydrogen-bond donors (Lipinski definition) is 7. The number of aliphatic hydroxyl groups is 6. The van der Waals surface area contributed by atoms with Crippen LogP contribution in [0.25, 0.3) is 0 Å². The lowest BCUT2D eigenvalue weighted by Crippen LogP contribution is -2.60. The molecule has 0 aliphatic carbocycles. The zero-order chi connectivity index (χ0) is 42.6. The number of rotatable bonds is 40. The van der Waals surface area contributed by atoms with Gasteiger partial charge < -0.3 is 45.4 Å². The summed E-state index contributed by atoms with van der Waals surface area (Å²) >= 11 is 0. The molecule has 344 valence electrons. The van der Waals surface area contributed by atoms with Crippen molar-refractivity contribution in [3.05, 3.63) is 12.2 Å². The van der Waals surface area contributed by atoms with Crippen molar-refractivity contribution in [3.63, 3.8) is 0 Å². The van der Waals surface area contributed by atoms with E-state index in [1.165, 1.54) is 148 Å². The molecule has 10 heteroatoms. The van der Waals surface area contributed by atoms with E-state index in [0.29, 0.717) is 6.42 Å². The summed E-state index contributed by atoms with van der Waals surface area (Å²) in [4.78, 5) is 13.0. The third kappa shape index (κ3) is 28.4. The maximum atomic E-state index is 13.0. The minimum absolute atomic E-state index is 0.302. The van der Waals surface area contributed by atoms with Gasteiger partial charge in [-0.3, -0.25) is 4.79 Å². The number of allylic oxidation sites excluding steroid dienone is 1. The molecule has 1 aliphatic heterocycles. The van der Waals surface area contributed by atoms with Crippen LogP contribution in [0.5, 0.6) is 0 Å². The van der Waals surface area contributed by atoms with E-state index in [1.54, 1.807) is 6.08 Å². The number of carbonyl (C=O) groups excluding carboxylic acids is 1. The Morgan fingerprint density at radius 1 is 0.621 bits per heavy atom.